The maximum atomic E-state index is 12.5. The zero-order chi connectivity index (χ0) is 19.5. The number of benzene rings is 2. The molecule has 1 heterocycles. The van der Waals surface area contributed by atoms with Gasteiger partial charge in [0.15, 0.2) is 0 Å². The molecular formula is C23H28N2O3. The standard InChI is InChI=1S/C23H28N2O3/c26-19(15-25-12-11-16-5-1-2-7-18(16)14-25)13-24-23(28)21-10-9-17-6-3-4-8-20(17)22(21)27/h1-2,5,7,9-10,19,26-27H,3-4,6,8,11-15H2,(H,24,28)/t19-/m0/s1. The lowest BCUT2D eigenvalue weighted by molar-refractivity contribution is 0.0839. The molecule has 28 heavy (non-hydrogen) atoms. The second kappa shape index (κ2) is 8.33. The SMILES string of the molecule is O=C(NC[C@H](O)CN1CCc2ccccc2C1)c1ccc2c(c1O)CCCC2. The summed E-state index contributed by atoms with van der Waals surface area (Å²) in [7, 11) is 0. The first-order valence-corrected chi connectivity index (χ1v) is 10.2. The molecule has 5 nitrogen and oxygen atoms in total. The van der Waals surface area contributed by atoms with Gasteiger partial charge in [-0.05, 0) is 60.4 Å². The predicted octanol–water partition coefficient (Wildman–Crippen LogP) is 2.42. The minimum absolute atomic E-state index is 0.108. The lowest BCUT2D eigenvalue weighted by Gasteiger charge is -2.30. The van der Waals surface area contributed by atoms with E-state index in [-0.39, 0.29) is 18.2 Å². The van der Waals surface area contributed by atoms with E-state index in [0.29, 0.717) is 12.1 Å². The number of amides is 1. The van der Waals surface area contributed by atoms with Crippen molar-refractivity contribution in [3.8, 4) is 5.75 Å². The molecule has 2 aromatic rings. The summed E-state index contributed by atoms with van der Waals surface area (Å²) in [4.78, 5) is 14.7. The van der Waals surface area contributed by atoms with Crippen LogP contribution in [-0.4, -0.2) is 46.8 Å². The number of phenolic OH excluding ortho intramolecular Hbond substituents is 1. The van der Waals surface area contributed by atoms with Crippen LogP contribution in [0.4, 0.5) is 0 Å². The molecule has 1 aliphatic carbocycles. The van der Waals surface area contributed by atoms with Crippen molar-refractivity contribution in [3.05, 3.63) is 64.2 Å². The highest BCUT2D eigenvalue weighted by molar-refractivity contribution is 5.97. The van der Waals surface area contributed by atoms with Crippen LogP contribution in [0.3, 0.4) is 0 Å². The van der Waals surface area contributed by atoms with E-state index in [0.717, 1.165) is 56.3 Å². The van der Waals surface area contributed by atoms with E-state index in [4.69, 9.17) is 0 Å². The number of β-amino-alcohol motifs (C(OH)–C–C–N with tert-alkyl or cyclic N) is 1. The first kappa shape index (κ1) is 19.0. The number of nitrogens with one attached hydrogen (secondary N) is 1. The van der Waals surface area contributed by atoms with Crippen LogP contribution in [0.5, 0.6) is 5.75 Å². The highest BCUT2D eigenvalue weighted by atomic mass is 16.3. The van der Waals surface area contributed by atoms with Crippen LogP contribution in [0.15, 0.2) is 36.4 Å². The number of carbonyl (C=O) groups is 1. The number of phenols is 1. The Hall–Kier alpha value is -2.37. The number of aryl methyl sites for hydroxylation is 1. The first-order valence-electron chi connectivity index (χ1n) is 10.2. The van der Waals surface area contributed by atoms with Crippen molar-refractivity contribution in [2.75, 3.05) is 19.6 Å². The van der Waals surface area contributed by atoms with E-state index >= 15 is 0 Å². The van der Waals surface area contributed by atoms with Crippen molar-refractivity contribution in [3.63, 3.8) is 0 Å². The lowest BCUT2D eigenvalue weighted by atomic mass is 9.89. The summed E-state index contributed by atoms with van der Waals surface area (Å²) in [5, 5.41) is 23.7. The number of nitrogens with zero attached hydrogens (tertiary/aromatic N) is 1. The molecule has 0 aromatic heterocycles. The number of hydrogen-bond acceptors (Lipinski definition) is 4. The van der Waals surface area contributed by atoms with Gasteiger partial charge in [-0.15, -0.1) is 0 Å². The smallest absolute Gasteiger partial charge is 0.255 e. The molecule has 0 saturated carbocycles. The highest BCUT2D eigenvalue weighted by Gasteiger charge is 2.22. The van der Waals surface area contributed by atoms with Gasteiger partial charge in [0, 0.05) is 26.2 Å². The maximum Gasteiger partial charge on any atom is 0.255 e. The van der Waals surface area contributed by atoms with Crippen LogP contribution in [0.25, 0.3) is 0 Å². The molecule has 0 saturated heterocycles. The Kier molecular flexibility index (Phi) is 5.64. The molecule has 1 aliphatic heterocycles. The molecule has 4 rings (SSSR count). The van der Waals surface area contributed by atoms with Gasteiger partial charge in [-0.2, -0.15) is 0 Å². The van der Waals surface area contributed by atoms with Crippen LogP contribution >= 0.6 is 0 Å². The number of aliphatic hydroxyl groups is 1. The van der Waals surface area contributed by atoms with E-state index in [2.05, 4.69) is 28.4 Å². The summed E-state index contributed by atoms with van der Waals surface area (Å²) in [5.74, 6) is -0.217. The van der Waals surface area contributed by atoms with Crippen molar-refractivity contribution < 1.29 is 15.0 Å². The number of rotatable bonds is 5. The van der Waals surface area contributed by atoms with Gasteiger partial charge in [-0.1, -0.05) is 30.3 Å². The number of aromatic hydroxyl groups is 1. The van der Waals surface area contributed by atoms with Crippen LogP contribution in [-0.2, 0) is 25.8 Å². The minimum atomic E-state index is -0.644. The molecule has 3 N–H and O–H groups in total. The van der Waals surface area contributed by atoms with Gasteiger partial charge in [0.2, 0.25) is 0 Å². The van der Waals surface area contributed by atoms with Gasteiger partial charge in [0.25, 0.3) is 5.91 Å². The van der Waals surface area contributed by atoms with Crippen molar-refractivity contribution in [1.29, 1.82) is 0 Å². The van der Waals surface area contributed by atoms with Crippen LogP contribution in [0.2, 0.25) is 0 Å². The second-order valence-corrected chi connectivity index (χ2v) is 7.92. The summed E-state index contributed by atoms with van der Waals surface area (Å²) in [6.45, 7) is 2.43. The van der Waals surface area contributed by atoms with Crippen LogP contribution in [0, 0.1) is 0 Å². The molecule has 5 heteroatoms. The van der Waals surface area contributed by atoms with E-state index in [9.17, 15) is 15.0 Å². The number of hydrogen-bond donors (Lipinski definition) is 3. The molecule has 0 unspecified atom stereocenters. The van der Waals surface area contributed by atoms with Gasteiger partial charge in [-0.25, -0.2) is 0 Å². The average Bonchev–Trinajstić information content (AvgIpc) is 2.72. The minimum Gasteiger partial charge on any atom is -0.507 e. The molecule has 2 aliphatic rings. The molecule has 1 atom stereocenters. The Morgan fingerprint density at radius 1 is 1.04 bits per heavy atom. The third-order valence-corrected chi connectivity index (χ3v) is 5.92. The zero-order valence-corrected chi connectivity index (χ0v) is 16.2. The largest absolute Gasteiger partial charge is 0.507 e. The Balaban J connectivity index is 1.32. The molecule has 0 bridgehead atoms. The molecule has 148 valence electrons. The highest BCUT2D eigenvalue weighted by Crippen LogP contribution is 2.31. The Labute approximate surface area is 166 Å². The summed E-state index contributed by atoms with van der Waals surface area (Å²) in [6.07, 6.45) is 4.30. The maximum absolute atomic E-state index is 12.5. The third-order valence-electron chi connectivity index (χ3n) is 5.92. The fraction of sp³-hybridized carbons (Fsp3) is 0.435. The third kappa shape index (κ3) is 4.05. The lowest BCUT2D eigenvalue weighted by Crippen LogP contribution is -2.42. The molecule has 0 radical (unpaired) electrons. The quantitative estimate of drug-likeness (QED) is 0.745. The number of fused-ring (bicyclic) bond motifs is 2. The van der Waals surface area contributed by atoms with E-state index < -0.39 is 6.10 Å². The van der Waals surface area contributed by atoms with Crippen molar-refractivity contribution in [1.82, 2.24) is 10.2 Å². The van der Waals surface area contributed by atoms with Crippen LogP contribution < -0.4 is 5.32 Å². The topological polar surface area (TPSA) is 72.8 Å². The second-order valence-electron chi connectivity index (χ2n) is 7.92. The average molecular weight is 380 g/mol. The zero-order valence-electron chi connectivity index (χ0n) is 16.2. The monoisotopic (exact) mass is 380 g/mol. The van der Waals surface area contributed by atoms with Gasteiger partial charge < -0.3 is 15.5 Å². The Morgan fingerprint density at radius 3 is 2.68 bits per heavy atom. The fourth-order valence-corrected chi connectivity index (χ4v) is 4.37. The Morgan fingerprint density at radius 2 is 1.82 bits per heavy atom. The molecule has 1 amide bonds. The van der Waals surface area contributed by atoms with E-state index in [1.54, 1.807) is 6.07 Å². The van der Waals surface area contributed by atoms with Crippen LogP contribution in [0.1, 0.15) is 45.5 Å². The van der Waals surface area contributed by atoms with Gasteiger partial charge in [0.1, 0.15) is 5.75 Å². The molecule has 0 fully saturated rings. The molecule has 2 aromatic carbocycles. The van der Waals surface area contributed by atoms with E-state index in [1.165, 1.54) is 11.1 Å². The van der Waals surface area contributed by atoms with Crippen molar-refractivity contribution >= 4 is 5.91 Å². The summed E-state index contributed by atoms with van der Waals surface area (Å²) in [6, 6.07) is 12.1. The summed E-state index contributed by atoms with van der Waals surface area (Å²) >= 11 is 0. The normalized spacial score (nSPS) is 17.5. The fourth-order valence-electron chi connectivity index (χ4n) is 4.37. The van der Waals surface area contributed by atoms with Crippen molar-refractivity contribution in [2.45, 2.75) is 44.8 Å². The van der Waals surface area contributed by atoms with Gasteiger partial charge in [-0.3, -0.25) is 9.69 Å². The van der Waals surface area contributed by atoms with E-state index in [1.807, 2.05) is 12.1 Å². The predicted molar refractivity (Wildman–Crippen MR) is 109 cm³/mol. The summed E-state index contributed by atoms with van der Waals surface area (Å²) in [5.41, 5.74) is 5.05. The molecule has 0 spiro atoms. The first-order chi connectivity index (χ1) is 13.6. The summed E-state index contributed by atoms with van der Waals surface area (Å²) < 4.78 is 0. The van der Waals surface area contributed by atoms with Gasteiger partial charge >= 0.3 is 0 Å². The number of aliphatic hydroxyl groups excluding tert-OH is 1. The Bertz CT molecular complexity index is 865. The molecular weight excluding hydrogens is 352 g/mol. The van der Waals surface area contributed by atoms with Crippen molar-refractivity contribution in [2.24, 2.45) is 0 Å². The number of carbonyl (C=O) groups excluding carboxylic acids is 1. The van der Waals surface area contributed by atoms with Gasteiger partial charge in [0.05, 0.1) is 11.7 Å².